The van der Waals surface area contributed by atoms with Gasteiger partial charge in [-0.15, -0.1) is 0 Å². The quantitative estimate of drug-likeness (QED) is 0.404. The summed E-state index contributed by atoms with van der Waals surface area (Å²) < 4.78 is 11.3. The molecule has 8 heteroatoms. The van der Waals surface area contributed by atoms with E-state index >= 15 is 0 Å². The molecule has 0 aromatic heterocycles. The number of carbonyl (C=O) groups is 2. The van der Waals surface area contributed by atoms with Crippen LogP contribution in [0.5, 0.6) is 5.75 Å². The van der Waals surface area contributed by atoms with Gasteiger partial charge in [0, 0.05) is 31.7 Å². The van der Waals surface area contributed by atoms with Gasteiger partial charge in [0.05, 0.1) is 19.2 Å². The number of methoxy groups -OCH3 is 1. The predicted molar refractivity (Wildman–Crippen MR) is 149 cm³/mol. The molecular formula is C30H37ClN2O5. The van der Waals surface area contributed by atoms with Crippen molar-refractivity contribution in [1.29, 1.82) is 0 Å². The molecule has 2 heterocycles. The van der Waals surface area contributed by atoms with E-state index in [9.17, 15) is 14.7 Å². The molecule has 0 fully saturated rings. The maximum Gasteiger partial charge on any atom is 0.343 e. The van der Waals surface area contributed by atoms with Gasteiger partial charge in [-0.25, -0.2) is 4.79 Å². The Labute approximate surface area is 230 Å². The number of benzene rings is 2. The number of aliphatic hydroxyl groups is 1. The second-order valence-electron chi connectivity index (χ2n) is 10.1. The second kappa shape index (κ2) is 12.7. The molecule has 1 N–H and O–H groups in total. The van der Waals surface area contributed by atoms with Crippen molar-refractivity contribution >= 4 is 29.2 Å². The first-order chi connectivity index (χ1) is 18.3. The van der Waals surface area contributed by atoms with Gasteiger partial charge in [-0.05, 0) is 79.5 Å². The van der Waals surface area contributed by atoms with Crippen molar-refractivity contribution in [2.45, 2.75) is 57.2 Å². The summed E-state index contributed by atoms with van der Waals surface area (Å²) in [5.74, 6) is -0.536. The first-order valence-electron chi connectivity index (χ1n) is 13.3. The minimum absolute atomic E-state index is 0.313. The van der Waals surface area contributed by atoms with Crippen LogP contribution in [0.2, 0.25) is 5.02 Å². The van der Waals surface area contributed by atoms with Gasteiger partial charge in [0.1, 0.15) is 12.4 Å². The van der Waals surface area contributed by atoms with Gasteiger partial charge in [-0.2, -0.15) is 0 Å². The summed E-state index contributed by atoms with van der Waals surface area (Å²) in [5.41, 5.74) is 1.26. The Kier molecular flexibility index (Phi) is 9.34. The third-order valence-corrected chi connectivity index (χ3v) is 7.64. The van der Waals surface area contributed by atoms with Crippen molar-refractivity contribution < 1.29 is 24.2 Å². The summed E-state index contributed by atoms with van der Waals surface area (Å²) in [6, 6.07) is 11.1. The van der Waals surface area contributed by atoms with Crippen LogP contribution >= 0.6 is 11.6 Å². The molecule has 0 spiro atoms. The monoisotopic (exact) mass is 540 g/mol. The Bertz CT molecular complexity index is 1180. The number of halogens is 1. The average Bonchev–Trinajstić information content (AvgIpc) is 2.94. The van der Waals surface area contributed by atoms with Gasteiger partial charge >= 0.3 is 5.97 Å². The molecule has 2 aromatic carbocycles. The lowest BCUT2D eigenvalue weighted by Gasteiger charge is -2.31. The highest BCUT2D eigenvalue weighted by Crippen LogP contribution is 2.37. The number of esters is 1. The van der Waals surface area contributed by atoms with Gasteiger partial charge in [0.2, 0.25) is 5.91 Å². The first-order valence-corrected chi connectivity index (χ1v) is 13.7. The molecule has 7 nitrogen and oxygen atoms in total. The Morgan fingerprint density at radius 1 is 1.03 bits per heavy atom. The van der Waals surface area contributed by atoms with E-state index in [1.165, 1.54) is 12.7 Å². The number of carbonyl (C=O) groups excluding carboxylic acids is 2. The lowest BCUT2D eigenvalue weighted by atomic mass is 9.89. The smallest absolute Gasteiger partial charge is 0.343 e. The minimum atomic E-state index is -2.12. The second-order valence-corrected chi connectivity index (χ2v) is 10.5. The number of rotatable bonds is 1. The van der Waals surface area contributed by atoms with Crippen molar-refractivity contribution in [2.75, 3.05) is 38.7 Å². The largest absolute Gasteiger partial charge is 0.487 e. The zero-order valence-electron chi connectivity index (χ0n) is 22.2. The van der Waals surface area contributed by atoms with Gasteiger partial charge in [0.25, 0.3) is 0 Å². The molecule has 2 bridgehead atoms. The van der Waals surface area contributed by atoms with E-state index in [0.717, 1.165) is 56.4 Å². The molecule has 0 saturated heterocycles. The molecule has 0 unspecified atom stereocenters. The number of anilines is 1. The zero-order chi connectivity index (χ0) is 27.1. The van der Waals surface area contributed by atoms with Crippen molar-refractivity contribution in [3.8, 4) is 5.75 Å². The van der Waals surface area contributed by atoms with E-state index < -0.39 is 18.0 Å². The van der Waals surface area contributed by atoms with E-state index in [-0.39, 0.29) is 5.91 Å². The molecule has 38 heavy (non-hydrogen) atoms. The van der Waals surface area contributed by atoms with Crippen LogP contribution in [-0.4, -0.2) is 55.7 Å². The Balaban J connectivity index is 1.78. The Morgan fingerprint density at radius 3 is 2.63 bits per heavy atom. The number of ether oxygens (including phenoxy) is 2. The van der Waals surface area contributed by atoms with Gasteiger partial charge < -0.3 is 24.4 Å². The van der Waals surface area contributed by atoms with E-state index in [2.05, 4.69) is 17.1 Å². The fraction of sp³-hybridized carbons (Fsp3) is 0.467. The maximum absolute atomic E-state index is 13.0. The molecular weight excluding hydrogens is 504 g/mol. The summed E-state index contributed by atoms with van der Waals surface area (Å²) in [6.07, 6.45) is 9.25. The van der Waals surface area contributed by atoms with E-state index in [4.69, 9.17) is 21.1 Å². The maximum atomic E-state index is 13.0. The van der Waals surface area contributed by atoms with Crippen LogP contribution in [0.1, 0.15) is 55.2 Å². The molecule has 204 valence electrons. The molecule has 1 atom stereocenters. The molecule has 0 aliphatic carbocycles. The minimum Gasteiger partial charge on any atom is -0.487 e. The van der Waals surface area contributed by atoms with Crippen molar-refractivity contribution in [3.63, 3.8) is 0 Å². The number of allylic oxidation sites excluding steroid dienone is 1. The Hall–Kier alpha value is -3.03. The number of amides is 1. The van der Waals surface area contributed by atoms with Crippen LogP contribution in [0.3, 0.4) is 0 Å². The Morgan fingerprint density at radius 2 is 1.82 bits per heavy atom. The molecule has 4 rings (SSSR count). The standard InChI is InChI=1S/C30H37ClN2O5/c1-32-15-7-4-3-5-8-16-33-17-9-6-10-22-18-25(31)13-11-23(22)21-38-27-14-12-24(19-26(27)33)30(36,20-28(32)34)29(35)37-2/h3-4,11-14,18-19,36H,5-10,15-17,20-21H2,1-2H3/b4-3-/t30-/m1/s1. The molecule has 2 aromatic rings. The SMILES string of the molecule is COC(=O)[C@@]1(O)CC(=O)N(C)CC/C=C\CCCN2CCCCc3cc(Cl)ccc3COc3ccc1cc32. The molecule has 2 aliphatic heterocycles. The normalized spacial score (nSPS) is 22.2. The van der Waals surface area contributed by atoms with Gasteiger partial charge in [-0.3, -0.25) is 4.79 Å². The van der Waals surface area contributed by atoms with Crippen LogP contribution < -0.4 is 9.64 Å². The number of hydrogen-bond acceptors (Lipinski definition) is 6. The number of aryl methyl sites for hydroxylation is 1. The molecule has 2 aliphatic rings. The number of fused-ring (bicyclic) bond motifs is 2. The summed E-state index contributed by atoms with van der Waals surface area (Å²) in [5, 5.41) is 12.4. The van der Waals surface area contributed by atoms with Gasteiger partial charge in [-0.1, -0.05) is 35.9 Å². The van der Waals surface area contributed by atoms with Crippen LogP contribution in [0.15, 0.2) is 48.6 Å². The summed E-state index contributed by atoms with van der Waals surface area (Å²) >= 11 is 6.28. The number of hydrogen-bond donors (Lipinski definition) is 1. The topological polar surface area (TPSA) is 79.3 Å². The summed E-state index contributed by atoms with van der Waals surface area (Å²) in [4.78, 5) is 29.8. The lowest BCUT2D eigenvalue weighted by molar-refractivity contribution is -0.168. The molecule has 1 amide bonds. The van der Waals surface area contributed by atoms with Crippen LogP contribution in [0.25, 0.3) is 0 Å². The third-order valence-electron chi connectivity index (χ3n) is 7.41. The third kappa shape index (κ3) is 6.51. The fourth-order valence-corrected chi connectivity index (χ4v) is 5.28. The van der Waals surface area contributed by atoms with Crippen LogP contribution in [-0.2, 0) is 33.0 Å². The zero-order valence-corrected chi connectivity index (χ0v) is 23.0. The summed E-state index contributed by atoms with van der Waals surface area (Å²) in [6.45, 7) is 2.46. The van der Waals surface area contributed by atoms with Crippen molar-refractivity contribution in [1.82, 2.24) is 4.90 Å². The van der Waals surface area contributed by atoms with Crippen molar-refractivity contribution in [2.24, 2.45) is 0 Å². The lowest BCUT2D eigenvalue weighted by Crippen LogP contribution is -2.42. The number of nitrogens with zero attached hydrogens (tertiary/aromatic N) is 2. The van der Waals surface area contributed by atoms with Crippen LogP contribution in [0, 0.1) is 0 Å². The average molecular weight is 541 g/mol. The predicted octanol–water partition coefficient (Wildman–Crippen LogP) is 5.01. The first kappa shape index (κ1) is 28.0. The molecule has 0 radical (unpaired) electrons. The van der Waals surface area contributed by atoms with E-state index in [1.54, 1.807) is 30.1 Å². The highest BCUT2D eigenvalue weighted by molar-refractivity contribution is 6.30. The molecule has 0 saturated carbocycles. The fourth-order valence-electron chi connectivity index (χ4n) is 5.08. The van der Waals surface area contributed by atoms with E-state index in [1.807, 2.05) is 18.2 Å². The highest BCUT2D eigenvalue weighted by Gasteiger charge is 2.43. The van der Waals surface area contributed by atoms with Crippen LogP contribution in [0.4, 0.5) is 5.69 Å². The van der Waals surface area contributed by atoms with E-state index in [0.29, 0.717) is 35.9 Å². The van der Waals surface area contributed by atoms with Crippen molar-refractivity contribution in [3.05, 3.63) is 70.3 Å². The van der Waals surface area contributed by atoms with Gasteiger partial charge in [0.15, 0.2) is 5.60 Å². The highest BCUT2D eigenvalue weighted by atomic mass is 35.5. The summed E-state index contributed by atoms with van der Waals surface area (Å²) in [7, 11) is 2.90.